The molecule has 0 fully saturated rings. The first-order chi connectivity index (χ1) is 6.66. The number of rotatable bonds is 4. The Balaban J connectivity index is 3.00. The van der Waals surface area contributed by atoms with E-state index in [1.807, 2.05) is 24.3 Å². The molecule has 76 valence electrons. The molecule has 0 bridgehead atoms. The number of carbonyl (C=O) groups excluding carboxylic acids is 1. The minimum atomic E-state index is 0.121. The molecule has 1 unspecified atom stereocenters. The van der Waals surface area contributed by atoms with E-state index in [0.29, 0.717) is 0 Å². The Morgan fingerprint density at radius 3 is 2.64 bits per heavy atom. The van der Waals surface area contributed by atoms with Gasteiger partial charge in [0.15, 0.2) is 5.78 Å². The van der Waals surface area contributed by atoms with Crippen LogP contribution in [-0.2, 0) is 0 Å². The van der Waals surface area contributed by atoms with E-state index in [0.717, 1.165) is 24.0 Å². The summed E-state index contributed by atoms with van der Waals surface area (Å²) in [5, 5.41) is 0.181. The number of hydrogen-bond donors (Lipinski definition) is 1. The highest BCUT2D eigenvalue weighted by Gasteiger charge is 2.12. The third-order valence-corrected chi connectivity index (χ3v) is 2.80. The van der Waals surface area contributed by atoms with Crippen molar-refractivity contribution in [2.45, 2.75) is 31.9 Å². The monoisotopic (exact) mass is 208 g/mol. The topological polar surface area (TPSA) is 17.1 Å². The number of carbonyl (C=O) groups is 1. The molecular formula is C12H16OS. The van der Waals surface area contributed by atoms with Gasteiger partial charge in [-0.2, -0.15) is 12.6 Å². The summed E-state index contributed by atoms with van der Waals surface area (Å²) in [6.45, 7) is 3.73. The molecule has 1 aromatic rings. The van der Waals surface area contributed by atoms with Crippen LogP contribution in [0.4, 0.5) is 0 Å². The fourth-order valence-corrected chi connectivity index (χ4v) is 2.02. The third-order valence-electron chi connectivity index (χ3n) is 2.26. The predicted molar refractivity (Wildman–Crippen MR) is 63.1 cm³/mol. The van der Waals surface area contributed by atoms with Crippen molar-refractivity contribution in [1.82, 2.24) is 0 Å². The SMILES string of the molecule is CCCC(S)c1ccccc1C(C)=O. The number of hydrogen-bond acceptors (Lipinski definition) is 2. The zero-order valence-corrected chi connectivity index (χ0v) is 9.55. The molecule has 0 saturated heterocycles. The van der Waals surface area contributed by atoms with Gasteiger partial charge in [0, 0.05) is 10.8 Å². The second-order valence-electron chi connectivity index (χ2n) is 3.45. The van der Waals surface area contributed by atoms with Crippen LogP contribution in [0.25, 0.3) is 0 Å². The van der Waals surface area contributed by atoms with E-state index in [9.17, 15) is 4.79 Å². The molecule has 0 N–H and O–H groups in total. The normalized spacial score (nSPS) is 12.5. The molecule has 1 rings (SSSR count). The van der Waals surface area contributed by atoms with Gasteiger partial charge in [0.2, 0.25) is 0 Å². The highest BCUT2D eigenvalue weighted by atomic mass is 32.1. The first kappa shape index (κ1) is 11.3. The first-order valence-electron chi connectivity index (χ1n) is 4.94. The van der Waals surface area contributed by atoms with Crippen LogP contribution in [0.5, 0.6) is 0 Å². The van der Waals surface area contributed by atoms with Crippen molar-refractivity contribution in [1.29, 1.82) is 0 Å². The molecule has 1 nitrogen and oxygen atoms in total. The summed E-state index contributed by atoms with van der Waals surface area (Å²) in [5.74, 6) is 0.121. The lowest BCUT2D eigenvalue weighted by Crippen LogP contribution is -2.01. The van der Waals surface area contributed by atoms with Crippen molar-refractivity contribution in [3.05, 3.63) is 35.4 Å². The van der Waals surface area contributed by atoms with Gasteiger partial charge in [-0.05, 0) is 18.9 Å². The zero-order valence-electron chi connectivity index (χ0n) is 8.66. The summed E-state index contributed by atoms with van der Waals surface area (Å²) < 4.78 is 0. The lowest BCUT2D eigenvalue weighted by molar-refractivity contribution is 0.101. The second kappa shape index (κ2) is 5.20. The highest BCUT2D eigenvalue weighted by molar-refractivity contribution is 7.80. The average molecular weight is 208 g/mol. The Kier molecular flexibility index (Phi) is 4.21. The number of thiol groups is 1. The molecule has 1 aromatic carbocycles. The summed E-state index contributed by atoms with van der Waals surface area (Å²) in [6.07, 6.45) is 2.09. The van der Waals surface area contributed by atoms with Crippen LogP contribution < -0.4 is 0 Å². The van der Waals surface area contributed by atoms with E-state index < -0.39 is 0 Å². The summed E-state index contributed by atoms with van der Waals surface area (Å²) in [7, 11) is 0. The molecule has 1 atom stereocenters. The van der Waals surface area contributed by atoms with E-state index in [-0.39, 0.29) is 11.0 Å². The number of ketones is 1. The molecule has 2 heteroatoms. The molecule has 0 radical (unpaired) electrons. The maximum Gasteiger partial charge on any atom is 0.160 e. The van der Waals surface area contributed by atoms with E-state index in [1.165, 1.54) is 0 Å². The van der Waals surface area contributed by atoms with Crippen LogP contribution in [0.1, 0.15) is 47.9 Å². The largest absolute Gasteiger partial charge is 0.295 e. The van der Waals surface area contributed by atoms with Gasteiger partial charge in [-0.25, -0.2) is 0 Å². The molecule has 0 aliphatic heterocycles. The molecule has 0 saturated carbocycles. The predicted octanol–water partition coefficient (Wildman–Crippen LogP) is 3.66. The smallest absolute Gasteiger partial charge is 0.160 e. The Morgan fingerprint density at radius 2 is 2.07 bits per heavy atom. The van der Waals surface area contributed by atoms with E-state index in [2.05, 4.69) is 19.6 Å². The Morgan fingerprint density at radius 1 is 1.43 bits per heavy atom. The van der Waals surface area contributed by atoms with Crippen LogP contribution in [-0.4, -0.2) is 5.78 Å². The average Bonchev–Trinajstić information content (AvgIpc) is 2.18. The quantitative estimate of drug-likeness (QED) is 0.590. The van der Waals surface area contributed by atoms with Crippen LogP contribution in [0.15, 0.2) is 24.3 Å². The maximum absolute atomic E-state index is 11.3. The first-order valence-corrected chi connectivity index (χ1v) is 5.46. The molecule has 0 spiro atoms. The third kappa shape index (κ3) is 2.61. The Hall–Kier alpha value is -0.760. The van der Waals surface area contributed by atoms with Gasteiger partial charge in [0.05, 0.1) is 0 Å². The lowest BCUT2D eigenvalue weighted by atomic mass is 9.99. The van der Waals surface area contributed by atoms with Crippen molar-refractivity contribution in [3.63, 3.8) is 0 Å². The van der Waals surface area contributed by atoms with Gasteiger partial charge >= 0.3 is 0 Å². The van der Waals surface area contributed by atoms with E-state index in [1.54, 1.807) is 6.92 Å². The van der Waals surface area contributed by atoms with Crippen LogP contribution in [0, 0.1) is 0 Å². The summed E-state index contributed by atoms with van der Waals surface area (Å²) in [5.41, 5.74) is 1.87. The highest BCUT2D eigenvalue weighted by Crippen LogP contribution is 2.27. The van der Waals surface area contributed by atoms with Crippen molar-refractivity contribution < 1.29 is 4.79 Å². The minimum Gasteiger partial charge on any atom is -0.295 e. The molecule has 14 heavy (non-hydrogen) atoms. The lowest BCUT2D eigenvalue weighted by Gasteiger charge is -2.13. The summed E-state index contributed by atoms with van der Waals surface area (Å²) in [4.78, 5) is 11.3. The van der Waals surface area contributed by atoms with Gasteiger partial charge < -0.3 is 0 Å². The molecule has 0 aromatic heterocycles. The summed E-state index contributed by atoms with van der Waals surface area (Å²) in [6, 6.07) is 7.72. The minimum absolute atomic E-state index is 0.121. The standard InChI is InChI=1S/C12H16OS/c1-3-6-12(14)11-8-5-4-7-10(11)9(2)13/h4-5,7-8,12,14H,3,6H2,1-2H3. The number of benzene rings is 1. The van der Waals surface area contributed by atoms with Gasteiger partial charge in [0.1, 0.15) is 0 Å². The maximum atomic E-state index is 11.3. The van der Waals surface area contributed by atoms with E-state index >= 15 is 0 Å². The molecule has 0 heterocycles. The van der Waals surface area contributed by atoms with Crippen molar-refractivity contribution in [2.75, 3.05) is 0 Å². The fourth-order valence-electron chi connectivity index (χ4n) is 1.54. The Labute approximate surface area is 90.9 Å². The molecule has 0 aliphatic rings. The van der Waals surface area contributed by atoms with Gasteiger partial charge in [0.25, 0.3) is 0 Å². The van der Waals surface area contributed by atoms with Gasteiger partial charge in [-0.1, -0.05) is 37.6 Å². The fraction of sp³-hybridized carbons (Fsp3) is 0.417. The molecule has 0 aliphatic carbocycles. The number of Topliss-reactive ketones (excluding diaryl/α,β-unsaturated/α-hetero) is 1. The molecular weight excluding hydrogens is 192 g/mol. The van der Waals surface area contributed by atoms with Crippen molar-refractivity contribution >= 4 is 18.4 Å². The Bertz CT molecular complexity index is 320. The van der Waals surface area contributed by atoms with Crippen LogP contribution >= 0.6 is 12.6 Å². The van der Waals surface area contributed by atoms with Crippen molar-refractivity contribution in [2.24, 2.45) is 0 Å². The van der Waals surface area contributed by atoms with Gasteiger partial charge in [-0.15, -0.1) is 0 Å². The van der Waals surface area contributed by atoms with Gasteiger partial charge in [-0.3, -0.25) is 4.79 Å². The van der Waals surface area contributed by atoms with Crippen LogP contribution in [0.3, 0.4) is 0 Å². The summed E-state index contributed by atoms with van der Waals surface area (Å²) >= 11 is 4.51. The van der Waals surface area contributed by atoms with E-state index in [4.69, 9.17) is 0 Å². The van der Waals surface area contributed by atoms with Crippen molar-refractivity contribution in [3.8, 4) is 0 Å². The second-order valence-corrected chi connectivity index (χ2v) is 4.07. The van der Waals surface area contributed by atoms with Crippen LogP contribution in [0.2, 0.25) is 0 Å². The zero-order chi connectivity index (χ0) is 10.6. The molecule has 0 amide bonds.